The summed E-state index contributed by atoms with van der Waals surface area (Å²) in [5.41, 5.74) is 2.29. The highest BCUT2D eigenvalue weighted by Crippen LogP contribution is 2.32. The Balaban J connectivity index is 1.52. The Morgan fingerprint density at radius 3 is 1.49 bits per heavy atom. The second-order valence-electron chi connectivity index (χ2n) is 8.44. The molecule has 0 aliphatic rings. The molecule has 4 aromatic carbocycles. The second kappa shape index (κ2) is 11.9. The first kappa shape index (κ1) is 24.0. The quantitative estimate of drug-likeness (QED) is 0.263. The molecular formula is C30H29NO4. The Bertz CT molecular complexity index is 1110. The molecule has 0 aromatic heterocycles. The summed E-state index contributed by atoms with van der Waals surface area (Å²) in [5, 5.41) is 9.12. The minimum Gasteiger partial charge on any atom is -0.480 e. The number of nitrogens with zero attached hydrogens (tertiary/aromatic N) is 1. The minimum atomic E-state index is -0.825. The summed E-state index contributed by atoms with van der Waals surface area (Å²) in [6, 6.07) is 35.6. The fraction of sp³-hybridized carbons (Fsp3) is 0.167. The smallest absolute Gasteiger partial charge is 0.317 e. The van der Waals surface area contributed by atoms with Crippen LogP contribution in [0.4, 0.5) is 0 Å². The second-order valence-corrected chi connectivity index (χ2v) is 8.44. The van der Waals surface area contributed by atoms with E-state index in [4.69, 9.17) is 14.6 Å². The van der Waals surface area contributed by atoms with Crippen LogP contribution in [0.3, 0.4) is 0 Å². The Labute approximate surface area is 206 Å². The van der Waals surface area contributed by atoms with Gasteiger partial charge in [0.15, 0.2) is 0 Å². The topological polar surface area (TPSA) is 59.0 Å². The molecule has 5 nitrogen and oxygen atoms in total. The summed E-state index contributed by atoms with van der Waals surface area (Å²) in [5.74, 6) is 2.40. The highest BCUT2D eigenvalue weighted by atomic mass is 16.5. The first-order valence-electron chi connectivity index (χ1n) is 11.6. The number of carboxylic acid groups (broad SMARTS) is 1. The third kappa shape index (κ3) is 7.19. The molecule has 4 aromatic rings. The summed E-state index contributed by atoms with van der Waals surface area (Å²) >= 11 is 0. The van der Waals surface area contributed by atoms with Crippen molar-refractivity contribution in [3.8, 4) is 23.0 Å². The van der Waals surface area contributed by atoms with Gasteiger partial charge < -0.3 is 14.6 Å². The Morgan fingerprint density at radius 1 is 0.686 bits per heavy atom. The minimum absolute atomic E-state index is 0.0143. The number of hydrogen-bond acceptors (Lipinski definition) is 4. The van der Waals surface area contributed by atoms with E-state index in [1.807, 2.05) is 96.9 Å². The molecule has 0 fully saturated rings. The molecule has 0 unspecified atom stereocenters. The molecule has 0 saturated heterocycles. The van der Waals surface area contributed by atoms with Crippen LogP contribution in [-0.4, -0.2) is 36.1 Å². The third-order valence-electron chi connectivity index (χ3n) is 5.73. The Kier molecular flexibility index (Phi) is 8.15. The van der Waals surface area contributed by atoms with Gasteiger partial charge in [0.05, 0.1) is 6.54 Å². The molecule has 35 heavy (non-hydrogen) atoms. The monoisotopic (exact) mass is 467 g/mol. The fourth-order valence-electron chi connectivity index (χ4n) is 3.97. The van der Waals surface area contributed by atoms with Crippen molar-refractivity contribution >= 4 is 5.97 Å². The van der Waals surface area contributed by atoms with Crippen LogP contribution in [0.2, 0.25) is 0 Å². The summed E-state index contributed by atoms with van der Waals surface area (Å²) in [7, 11) is 1.83. The van der Waals surface area contributed by atoms with Crippen LogP contribution in [0.1, 0.15) is 23.5 Å². The van der Waals surface area contributed by atoms with E-state index in [0.29, 0.717) is 6.54 Å². The molecule has 0 saturated carbocycles. The number of carbonyl (C=O) groups is 1. The fourth-order valence-corrected chi connectivity index (χ4v) is 3.97. The van der Waals surface area contributed by atoms with Crippen molar-refractivity contribution in [3.63, 3.8) is 0 Å². The van der Waals surface area contributed by atoms with Gasteiger partial charge in [-0.15, -0.1) is 0 Å². The van der Waals surface area contributed by atoms with E-state index in [0.717, 1.165) is 40.5 Å². The lowest BCUT2D eigenvalue weighted by molar-refractivity contribution is -0.138. The molecule has 0 aliphatic carbocycles. The lowest BCUT2D eigenvalue weighted by Gasteiger charge is -2.22. The highest BCUT2D eigenvalue weighted by Gasteiger charge is 2.17. The molecule has 0 radical (unpaired) electrons. The number of benzene rings is 4. The first-order valence-corrected chi connectivity index (χ1v) is 11.6. The van der Waals surface area contributed by atoms with Gasteiger partial charge in [0.25, 0.3) is 0 Å². The number of para-hydroxylation sites is 2. The zero-order valence-electron chi connectivity index (χ0n) is 19.7. The van der Waals surface area contributed by atoms with E-state index >= 15 is 0 Å². The van der Waals surface area contributed by atoms with Gasteiger partial charge in [-0.2, -0.15) is 0 Å². The predicted octanol–water partition coefficient (Wildman–Crippen LogP) is 6.81. The van der Waals surface area contributed by atoms with Gasteiger partial charge in [0.2, 0.25) is 0 Å². The maximum absolute atomic E-state index is 11.1. The van der Waals surface area contributed by atoms with E-state index in [2.05, 4.69) is 24.3 Å². The van der Waals surface area contributed by atoms with Gasteiger partial charge in [-0.3, -0.25) is 9.69 Å². The van der Waals surface area contributed by atoms with E-state index in [1.54, 1.807) is 0 Å². The van der Waals surface area contributed by atoms with Crippen LogP contribution in [0.25, 0.3) is 0 Å². The number of hydrogen-bond donors (Lipinski definition) is 1. The van der Waals surface area contributed by atoms with Gasteiger partial charge in [-0.25, -0.2) is 0 Å². The molecule has 0 amide bonds. The highest BCUT2D eigenvalue weighted by molar-refractivity contribution is 5.69. The van der Waals surface area contributed by atoms with Crippen molar-refractivity contribution in [1.29, 1.82) is 0 Å². The van der Waals surface area contributed by atoms with Crippen molar-refractivity contribution in [2.45, 2.75) is 12.3 Å². The molecule has 0 bridgehead atoms. The molecule has 1 N–H and O–H groups in total. The summed E-state index contributed by atoms with van der Waals surface area (Å²) in [6.45, 7) is 0.669. The molecule has 0 heterocycles. The summed E-state index contributed by atoms with van der Waals surface area (Å²) in [4.78, 5) is 12.9. The summed E-state index contributed by atoms with van der Waals surface area (Å²) in [6.07, 6.45) is 0.779. The Morgan fingerprint density at radius 2 is 1.09 bits per heavy atom. The molecule has 4 rings (SSSR count). The van der Waals surface area contributed by atoms with Crippen LogP contribution in [0.15, 0.2) is 109 Å². The SMILES string of the molecule is CN(CCC(c1ccc(Oc2ccccc2)cc1)c1ccc(Oc2ccccc2)cc1)CC(=O)O. The van der Waals surface area contributed by atoms with E-state index in [9.17, 15) is 4.79 Å². The standard InChI is InChI=1S/C30H29NO4/c1-31(22-30(32)33)21-20-29(23-12-16-27(17-13-23)34-25-8-4-2-5-9-25)24-14-18-28(19-15-24)35-26-10-6-3-7-11-26/h2-19,29H,20-22H2,1H3,(H,32,33). The molecule has 0 atom stereocenters. The number of likely N-dealkylation sites (N-methyl/N-ethyl adjacent to an activating group) is 1. The van der Waals surface area contributed by atoms with Gasteiger partial charge in [0, 0.05) is 5.92 Å². The van der Waals surface area contributed by atoms with Crippen molar-refractivity contribution < 1.29 is 19.4 Å². The average Bonchev–Trinajstić information content (AvgIpc) is 2.87. The lowest BCUT2D eigenvalue weighted by atomic mass is 9.88. The molecule has 178 valence electrons. The zero-order chi connectivity index (χ0) is 24.5. The van der Waals surface area contributed by atoms with E-state index in [1.165, 1.54) is 0 Å². The number of ether oxygens (including phenoxy) is 2. The molecule has 0 spiro atoms. The van der Waals surface area contributed by atoms with E-state index in [-0.39, 0.29) is 12.5 Å². The number of aliphatic carboxylic acids is 1. The largest absolute Gasteiger partial charge is 0.480 e. The van der Waals surface area contributed by atoms with Crippen molar-refractivity contribution in [2.75, 3.05) is 20.1 Å². The molecule has 5 heteroatoms. The van der Waals surface area contributed by atoms with Crippen LogP contribution >= 0.6 is 0 Å². The van der Waals surface area contributed by atoms with Crippen LogP contribution in [-0.2, 0) is 4.79 Å². The van der Waals surface area contributed by atoms with Gasteiger partial charge in [-0.05, 0) is 79.7 Å². The van der Waals surface area contributed by atoms with E-state index < -0.39 is 5.97 Å². The molecular weight excluding hydrogens is 438 g/mol. The van der Waals surface area contributed by atoms with Gasteiger partial charge in [-0.1, -0.05) is 60.7 Å². The zero-order valence-corrected chi connectivity index (χ0v) is 19.7. The lowest BCUT2D eigenvalue weighted by Crippen LogP contribution is -2.27. The molecule has 0 aliphatic heterocycles. The first-order chi connectivity index (χ1) is 17.1. The predicted molar refractivity (Wildman–Crippen MR) is 138 cm³/mol. The van der Waals surface area contributed by atoms with Crippen LogP contribution in [0.5, 0.6) is 23.0 Å². The van der Waals surface area contributed by atoms with Crippen LogP contribution in [0, 0.1) is 0 Å². The number of rotatable bonds is 11. The summed E-state index contributed by atoms with van der Waals surface area (Å²) < 4.78 is 11.9. The van der Waals surface area contributed by atoms with Crippen molar-refractivity contribution in [2.24, 2.45) is 0 Å². The van der Waals surface area contributed by atoms with Gasteiger partial charge in [0.1, 0.15) is 23.0 Å². The maximum Gasteiger partial charge on any atom is 0.317 e. The average molecular weight is 468 g/mol. The maximum atomic E-state index is 11.1. The Hall–Kier alpha value is -4.09. The normalized spacial score (nSPS) is 10.9. The van der Waals surface area contributed by atoms with Crippen LogP contribution < -0.4 is 9.47 Å². The van der Waals surface area contributed by atoms with Gasteiger partial charge >= 0.3 is 5.97 Å². The van der Waals surface area contributed by atoms with Crippen molar-refractivity contribution in [1.82, 2.24) is 4.90 Å². The third-order valence-corrected chi connectivity index (χ3v) is 5.73. The van der Waals surface area contributed by atoms with Crippen molar-refractivity contribution in [3.05, 3.63) is 120 Å². The number of carboxylic acids is 1.